The Balaban J connectivity index is 1.59. The molecule has 0 unspecified atom stereocenters. The Hall–Kier alpha value is -2.41. The molecule has 2 fully saturated rings. The first kappa shape index (κ1) is 17.4. The van der Waals surface area contributed by atoms with E-state index >= 15 is 0 Å². The second-order valence-electron chi connectivity index (χ2n) is 7.03. The summed E-state index contributed by atoms with van der Waals surface area (Å²) in [5.74, 6) is -0.951. The topological polar surface area (TPSA) is 98.7 Å². The lowest BCUT2D eigenvalue weighted by Crippen LogP contribution is -2.37. The lowest BCUT2D eigenvalue weighted by atomic mass is 9.81. The molecular formula is C18H23N3O4. The standard InChI is InChI=1S/C18H23N3O4/c1-12(22)19-14-5-2-6-15(8-14)20-16(23)10-21-9-13-4-3-7-18(13,11-21)17(24)25/h2,5-6,8,13H,3-4,7,9-11H2,1H3,(H,19,22)(H,20,23)(H,24,25)/t13-,18+/m0/s1. The van der Waals surface area contributed by atoms with Gasteiger partial charge in [0.15, 0.2) is 0 Å². The molecule has 2 amide bonds. The van der Waals surface area contributed by atoms with Crippen LogP contribution < -0.4 is 10.6 Å². The van der Waals surface area contributed by atoms with Gasteiger partial charge in [0.1, 0.15) is 0 Å². The number of carboxylic acids is 1. The van der Waals surface area contributed by atoms with Crippen molar-refractivity contribution in [1.82, 2.24) is 4.90 Å². The maximum Gasteiger partial charge on any atom is 0.311 e. The molecule has 2 aliphatic rings. The van der Waals surface area contributed by atoms with Crippen molar-refractivity contribution in [3.8, 4) is 0 Å². The summed E-state index contributed by atoms with van der Waals surface area (Å²) in [6.45, 7) is 2.70. The molecule has 1 aliphatic heterocycles. The van der Waals surface area contributed by atoms with Crippen molar-refractivity contribution in [3.05, 3.63) is 24.3 Å². The lowest BCUT2D eigenvalue weighted by Gasteiger charge is -2.23. The number of aliphatic carboxylic acids is 1. The van der Waals surface area contributed by atoms with E-state index in [1.165, 1.54) is 6.92 Å². The second-order valence-corrected chi connectivity index (χ2v) is 7.03. The van der Waals surface area contributed by atoms with Gasteiger partial charge in [0.2, 0.25) is 11.8 Å². The first-order chi connectivity index (χ1) is 11.9. The number of anilines is 2. The van der Waals surface area contributed by atoms with Crippen LogP contribution in [0.25, 0.3) is 0 Å². The average Bonchev–Trinajstić information content (AvgIpc) is 3.04. The summed E-state index contributed by atoms with van der Waals surface area (Å²) in [7, 11) is 0. The van der Waals surface area contributed by atoms with Gasteiger partial charge in [-0.15, -0.1) is 0 Å². The molecule has 1 saturated carbocycles. The minimum atomic E-state index is -0.735. The third kappa shape index (κ3) is 3.66. The Bertz CT molecular complexity index is 705. The molecule has 0 spiro atoms. The average molecular weight is 345 g/mol. The Morgan fingerprint density at radius 1 is 1.28 bits per heavy atom. The molecule has 0 radical (unpaired) electrons. The highest BCUT2D eigenvalue weighted by Crippen LogP contribution is 2.48. The van der Waals surface area contributed by atoms with E-state index in [9.17, 15) is 19.5 Å². The minimum absolute atomic E-state index is 0.140. The molecule has 0 bridgehead atoms. The van der Waals surface area contributed by atoms with Crippen molar-refractivity contribution >= 4 is 29.2 Å². The van der Waals surface area contributed by atoms with Gasteiger partial charge in [-0.25, -0.2) is 0 Å². The van der Waals surface area contributed by atoms with Crippen molar-refractivity contribution in [2.45, 2.75) is 26.2 Å². The third-order valence-electron chi connectivity index (χ3n) is 5.20. The van der Waals surface area contributed by atoms with E-state index in [0.717, 1.165) is 12.8 Å². The van der Waals surface area contributed by atoms with Crippen molar-refractivity contribution in [1.29, 1.82) is 0 Å². The number of carboxylic acid groups (broad SMARTS) is 1. The highest BCUT2D eigenvalue weighted by Gasteiger charge is 2.54. The van der Waals surface area contributed by atoms with Gasteiger partial charge < -0.3 is 15.7 Å². The fourth-order valence-electron chi connectivity index (χ4n) is 4.14. The van der Waals surface area contributed by atoms with Gasteiger partial charge >= 0.3 is 5.97 Å². The molecule has 7 heteroatoms. The van der Waals surface area contributed by atoms with Crippen LogP contribution in [-0.4, -0.2) is 47.4 Å². The number of likely N-dealkylation sites (tertiary alicyclic amines) is 1. The SMILES string of the molecule is CC(=O)Nc1cccc(NC(=O)CN2C[C@@H]3CCC[C@@]3(C(=O)O)C2)c1. The number of hydrogen-bond donors (Lipinski definition) is 3. The number of nitrogens with one attached hydrogen (secondary N) is 2. The van der Waals surface area contributed by atoms with Crippen LogP contribution in [0, 0.1) is 11.3 Å². The highest BCUT2D eigenvalue weighted by atomic mass is 16.4. The normalized spacial score (nSPS) is 25.4. The van der Waals surface area contributed by atoms with Crippen LogP contribution in [0.3, 0.4) is 0 Å². The van der Waals surface area contributed by atoms with E-state index < -0.39 is 11.4 Å². The largest absolute Gasteiger partial charge is 0.481 e. The van der Waals surface area contributed by atoms with Crippen molar-refractivity contribution < 1.29 is 19.5 Å². The predicted octanol–water partition coefficient (Wildman–Crippen LogP) is 1.77. The fraction of sp³-hybridized carbons (Fsp3) is 0.500. The smallest absolute Gasteiger partial charge is 0.311 e. The van der Waals surface area contributed by atoms with Crippen LogP contribution >= 0.6 is 0 Å². The van der Waals surface area contributed by atoms with E-state index in [0.29, 0.717) is 30.9 Å². The molecule has 3 N–H and O–H groups in total. The van der Waals surface area contributed by atoms with Crippen LogP contribution in [0.2, 0.25) is 0 Å². The predicted molar refractivity (Wildman–Crippen MR) is 93.2 cm³/mol. The Morgan fingerprint density at radius 3 is 2.64 bits per heavy atom. The maximum atomic E-state index is 12.3. The first-order valence-corrected chi connectivity index (χ1v) is 8.52. The molecule has 2 atom stereocenters. The summed E-state index contributed by atoms with van der Waals surface area (Å²) >= 11 is 0. The molecule has 1 heterocycles. The molecule has 3 rings (SSSR count). The van der Waals surface area contributed by atoms with Crippen molar-refractivity contribution in [2.75, 3.05) is 30.3 Å². The molecular weight excluding hydrogens is 322 g/mol. The number of carbonyl (C=O) groups excluding carboxylic acids is 2. The van der Waals surface area contributed by atoms with Gasteiger partial charge in [-0.05, 0) is 37.0 Å². The van der Waals surface area contributed by atoms with E-state index in [1.54, 1.807) is 24.3 Å². The summed E-state index contributed by atoms with van der Waals surface area (Å²) in [6.07, 6.45) is 2.57. The third-order valence-corrected chi connectivity index (χ3v) is 5.20. The molecule has 134 valence electrons. The summed E-state index contributed by atoms with van der Waals surface area (Å²) in [5, 5.41) is 15.1. The van der Waals surface area contributed by atoms with Crippen LogP contribution in [0.1, 0.15) is 26.2 Å². The molecule has 0 aromatic heterocycles. The zero-order valence-corrected chi connectivity index (χ0v) is 14.2. The summed E-state index contributed by atoms with van der Waals surface area (Å²) in [6, 6.07) is 6.94. The summed E-state index contributed by atoms with van der Waals surface area (Å²) in [5.41, 5.74) is 0.542. The maximum absolute atomic E-state index is 12.3. The Kier molecular flexibility index (Phi) is 4.76. The number of nitrogens with zero attached hydrogens (tertiary/aromatic N) is 1. The molecule has 1 aromatic rings. The number of hydrogen-bond acceptors (Lipinski definition) is 4. The van der Waals surface area contributed by atoms with Gasteiger partial charge in [0, 0.05) is 31.4 Å². The summed E-state index contributed by atoms with van der Waals surface area (Å²) in [4.78, 5) is 37.0. The molecule has 1 saturated heterocycles. The number of amides is 2. The first-order valence-electron chi connectivity index (χ1n) is 8.52. The quantitative estimate of drug-likeness (QED) is 0.755. The number of rotatable bonds is 5. The van der Waals surface area contributed by atoms with Crippen molar-refractivity contribution in [2.24, 2.45) is 11.3 Å². The number of benzene rings is 1. The molecule has 25 heavy (non-hydrogen) atoms. The molecule has 1 aliphatic carbocycles. The molecule has 1 aromatic carbocycles. The van der Waals surface area contributed by atoms with Crippen LogP contribution in [-0.2, 0) is 14.4 Å². The monoisotopic (exact) mass is 345 g/mol. The molecule has 7 nitrogen and oxygen atoms in total. The lowest BCUT2D eigenvalue weighted by molar-refractivity contribution is -0.149. The number of carbonyl (C=O) groups is 3. The Labute approximate surface area is 146 Å². The van der Waals surface area contributed by atoms with Crippen LogP contribution in [0.5, 0.6) is 0 Å². The minimum Gasteiger partial charge on any atom is -0.481 e. The van der Waals surface area contributed by atoms with E-state index in [4.69, 9.17) is 0 Å². The highest BCUT2D eigenvalue weighted by molar-refractivity contribution is 5.94. The fourth-order valence-corrected chi connectivity index (χ4v) is 4.14. The van der Waals surface area contributed by atoms with E-state index in [-0.39, 0.29) is 24.3 Å². The van der Waals surface area contributed by atoms with Crippen molar-refractivity contribution in [3.63, 3.8) is 0 Å². The van der Waals surface area contributed by atoms with Gasteiger partial charge in [0.25, 0.3) is 0 Å². The Morgan fingerprint density at radius 2 is 2.00 bits per heavy atom. The van der Waals surface area contributed by atoms with Gasteiger partial charge in [-0.3, -0.25) is 19.3 Å². The zero-order chi connectivity index (χ0) is 18.0. The van der Waals surface area contributed by atoms with Gasteiger partial charge in [-0.2, -0.15) is 0 Å². The van der Waals surface area contributed by atoms with E-state index in [1.807, 2.05) is 4.90 Å². The van der Waals surface area contributed by atoms with Crippen LogP contribution in [0.4, 0.5) is 11.4 Å². The van der Waals surface area contributed by atoms with Gasteiger partial charge in [0.05, 0.1) is 12.0 Å². The van der Waals surface area contributed by atoms with Crippen LogP contribution in [0.15, 0.2) is 24.3 Å². The zero-order valence-electron chi connectivity index (χ0n) is 14.2. The van der Waals surface area contributed by atoms with Gasteiger partial charge in [-0.1, -0.05) is 12.5 Å². The second kappa shape index (κ2) is 6.84. The summed E-state index contributed by atoms with van der Waals surface area (Å²) < 4.78 is 0. The van der Waals surface area contributed by atoms with E-state index in [2.05, 4.69) is 10.6 Å². The number of fused-ring (bicyclic) bond motifs is 1.